The highest BCUT2D eigenvalue weighted by Crippen LogP contribution is 2.30. The molecule has 0 spiro atoms. The molecule has 1 aromatic carbocycles. The normalized spacial score (nSPS) is 12.8. The van der Waals surface area contributed by atoms with E-state index in [0.29, 0.717) is 5.56 Å². The average molecular weight is 250 g/mol. The van der Waals surface area contributed by atoms with Crippen LogP contribution >= 0.6 is 11.3 Å². The molecule has 0 bridgehead atoms. The Morgan fingerprint density at radius 2 is 2.00 bits per heavy atom. The van der Waals surface area contributed by atoms with Gasteiger partial charge in [-0.15, -0.1) is 11.3 Å². The van der Waals surface area contributed by atoms with Gasteiger partial charge in [0.2, 0.25) is 0 Å². The maximum atomic E-state index is 14.0. The van der Waals surface area contributed by atoms with Crippen molar-refractivity contribution in [1.82, 2.24) is 4.98 Å². The first-order chi connectivity index (χ1) is 8.00. The summed E-state index contributed by atoms with van der Waals surface area (Å²) in [5.74, 6) is -0.234. The van der Waals surface area contributed by atoms with Crippen molar-refractivity contribution in [1.29, 1.82) is 0 Å². The van der Waals surface area contributed by atoms with Crippen molar-refractivity contribution in [2.75, 3.05) is 0 Å². The van der Waals surface area contributed by atoms with Crippen LogP contribution in [0.3, 0.4) is 0 Å². The van der Waals surface area contributed by atoms with Crippen LogP contribution in [0.25, 0.3) is 0 Å². The molecule has 2 aromatic rings. The predicted octanol–water partition coefficient (Wildman–Crippen LogP) is 3.26. The highest BCUT2D eigenvalue weighted by Gasteiger charge is 2.19. The topological polar surface area (TPSA) is 38.9 Å². The molecule has 4 heteroatoms. The Morgan fingerprint density at radius 1 is 1.29 bits per heavy atom. The fourth-order valence-electron chi connectivity index (χ4n) is 2.06. The first-order valence-electron chi connectivity index (χ1n) is 5.43. The third kappa shape index (κ3) is 2.23. The van der Waals surface area contributed by atoms with E-state index in [1.165, 1.54) is 17.4 Å². The van der Waals surface area contributed by atoms with E-state index in [2.05, 4.69) is 4.98 Å². The maximum absolute atomic E-state index is 14.0. The van der Waals surface area contributed by atoms with E-state index in [-0.39, 0.29) is 5.82 Å². The molecule has 0 aliphatic carbocycles. The molecule has 0 aliphatic rings. The highest BCUT2D eigenvalue weighted by atomic mass is 32.1. The lowest BCUT2D eigenvalue weighted by Gasteiger charge is -2.15. The van der Waals surface area contributed by atoms with Crippen LogP contribution in [0.5, 0.6) is 0 Å². The molecule has 0 aliphatic heterocycles. The SMILES string of the molecule is Cc1cc(C)c(C(N)c2scnc2C)c(F)c1. The van der Waals surface area contributed by atoms with Gasteiger partial charge in [0.1, 0.15) is 5.82 Å². The quantitative estimate of drug-likeness (QED) is 0.888. The van der Waals surface area contributed by atoms with Crippen LogP contribution in [0.1, 0.15) is 33.3 Å². The lowest BCUT2D eigenvalue weighted by molar-refractivity contribution is 0.597. The van der Waals surface area contributed by atoms with Gasteiger partial charge in [-0.3, -0.25) is 0 Å². The maximum Gasteiger partial charge on any atom is 0.128 e. The van der Waals surface area contributed by atoms with Crippen LogP contribution in [0.2, 0.25) is 0 Å². The van der Waals surface area contributed by atoms with Crippen LogP contribution < -0.4 is 5.73 Å². The molecule has 0 saturated heterocycles. The first-order valence-corrected chi connectivity index (χ1v) is 6.31. The van der Waals surface area contributed by atoms with E-state index in [1.807, 2.05) is 26.8 Å². The second kappa shape index (κ2) is 4.55. The van der Waals surface area contributed by atoms with Gasteiger partial charge in [-0.1, -0.05) is 6.07 Å². The zero-order valence-corrected chi connectivity index (χ0v) is 10.9. The van der Waals surface area contributed by atoms with Crippen molar-refractivity contribution in [2.24, 2.45) is 5.73 Å². The Morgan fingerprint density at radius 3 is 2.53 bits per heavy atom. The molecular weight excluding hydrogens is 235 g/mol. The molecule has 2 N–H and O–H groups in total. The van der Waals surface area contributed by atoms with E-state index in [1.54, 1.807) is 5.51 Å². The van der Waals surface area contributed by atoms with Crippen molar-refractivity contribution in [2.45, 2.75) is 26.8 Å². The second-order valence-corrected chi connectivity index (χ2v) is 5.14. The zero-order chi connectivity index (χ0) is 12.6. The van der Waals surface area contributed by atoms with E-state index in [0.717, 1.165) is 21.7 Å². The number of halogens is 1. The summed E-state index contributed by atoms with van der Waals surface area (Å²) in [6.45, 7) is 5.66. The number of nitrogens with two attached hydrogens (primary N) is 1. The standard InChI is InChI=1S/C13H15FN2S/c1-7-4-8(2)11(10(14)5-7)12(15)13-9(3)16-6-17-13/h4-6,12H,15H2,1-3H3. The summed E-state index contributed by atoms with van der Waals surface area (Å²) in [4.78, 5) is 5.08. The summed E-state index contributed by atoms with van der Waals surface area (Å²) in [5, 5.41) is 0. The predicted molar refractivity (Wildman–Crippen MR) is 68.8 cm³/mol. The van der Waals surface area contributed by atoms with Crippen LogP contribution in [0.15, 0.2) is 17.6 Å². The van der Waals surface area contributed by atoms with Gasteiger partial charge in [0.25, 0.3) is 0 Å². The fourth-order valence-corrected chi connectivity index (χ4v) is 2.87. The van der Waals surface area contributed by atoms with Crippen molar-refractivity contribution in [3.8, 4) is 0 Å². The summed E-state index contributed by atoms with van der Waals surface area (Å²) < 4.78 is 14.0. The van der Waals surface area contributed by atoms with Gasteiger partial charge < -0.3 is 5.73 Å². The highest BCUT2D eigenvalue weighted by molar-refractivity contribution is 7.09. The van der Waals surface area contributed by atoms with E-state index in [4.69, 9.17) is 5.73 Å². The van der Waals surface area contributed by atoms with Gasteiger partial charge in [-0.25, -0.2) is 9.37 Å². The Balaban J connectivity index is 2.51. The Hall–Kier alpha value is -1.26. The molecule has 1 unspecified atom stereocenters. The summed E-state index contributed by atoms with van der Waals surface area (Å²) in [6.07, 6.45) is 0. The minimum absolute atomic E-state index is 0.234. The summed E-state index contributed by atoms with van der Waals surface area (Å²) in [7, 11) is 0. The van der Waals surface area contributed by atoms with Crippen molar-refractivity contribution in [3.63, 3.8) is 0 Å². The number of hydrogen-bond acceptors (Lipinski definition) is 3. The minimum Gasteiger partial charge on any atom is -0.319 e. The molecule has 0 fully saturated rings. The van der Waals surface area contributed by atoms with Gasteiger partial charge in [0.15, 0.2) is 0 Å². The molecule has 0 saturated carbocycles. The number of aromatic nitrogens is 1. The molecule has 1 heterocycles. The van der Waals surface area contributed by atoms with E-state index >= 15 is 0 Å². The number of hydrogen-bond donors (Lipinski definition) is 1. The first kappa shape index (κ1) is 12.2. The molecule has 2 nitrogen and oxygen atoms in total. The number of benzene rings is 1. The number of rotatable bonds is 2. The number of aryl methyl sites for hydroxylation is 3. The lowest BCUT2D eigenvalue weighted by atomic mass is 9.97. The van der Waals surface area contributed by atoms with Gasteiger partial charge in [-0.05, 0) is 38.0 Å². The van der Waals surface area contributed by atoms with Crippen LogP contribution in [-0.2, 0) is 0 Å². The van der Waals surface area contributed by atoms with Crippen molar-refractivity contribution in [3.05, 3.63) is 50.7 Å². The monoisotopic (exact) mass is 250 g/mol. The van der Waals surface area contributed by atoms with E-state index in [9.17, 15) is 4.39 Å². The Labute approximate surface area is 104 Å². The smallest absolute Gasteiger partial charge is 0.128 e. The van der Waals surface area contributed by atoms with E-state index < -0.39 is 6.04 Å². The van der Waals surface area contributed by atoms with Gasteiger partial charge >= 0.3 is 0 Å². The third-order valence-corrected chi connectivity index (χ3v) is 3.87. The molecule has 0 amide bonds. The molecule has 17 heavy (non-hydrogen) atoms. The summed E-state index contributed by atoms with van der Waals surface area (Å²) in [6, 6.07) is 3.05. The average Bonchev–Trinajstić information content (AvgIpc) is 2.62. The zero-order valence-electron chi connectivity index (χ0n) is 10.1. The summed E-state index contributed by atoms with van der Waals surface area (Å²) in [5.41, 5.74) is 11.1. The third-order valence-electron chi connectivity index (χ3n) is 2.86. The van der Waals surface area contributed by atoms with Crippen molar-refractivity contribution >= 4 is 11.3 Å². The molecule has 0 radical (unpaired) electrons. The number of thiazole rings is 1. The molecule has 1 aromatic heterocycles. The van der Waals surface area contributed by atoms with Crippen LogP contribution in [-0.4, -0.2) is 4.98 Å². The second-order valence-electron chi connectivity index (χ2n) is 4.26. The van der Waals surface area contributed by atoms with Crippen molar-refractivity contribution < 1.29 is 4.39 Å². The fraction of sp³-hybridized carbons (Fsp3) is 0.308. The Kier molecular flexibility index (Phi) is 3.26. The molecule has 90 valence electrons. The van der Waals surface area contributed by atoms with Crippen LogP contribution in [0, 0.1) is 26.6 Å². The van der Waals surface area contributed by atoms with Gasteiger partial charge in [0, 0.05) is 10.4 Å². The minimum atomic E-state index is -0.428. The largest absolute Gasteiger partial charge is 0.319 e. The lowest BCUT2D eigenvalue weighted by Crippen LogP contribution is -2.15. The van der Waals surface area contributed by atoms with Gasteiger partial charge in [0.05, 0.1) is 17.2 Å². The van der Waals surface area contributed by atoms with Crippen LogP contribution in [0.4, 0.5) is 4.39 Å². The Bertz CT molecular complexity index is 525. The summed E-state index contributed by atoms with van der Waals surface area (Å²) >= 11 is 1.47. The molecule has 2 rings (SSSR count). The molecular formula is C13H15FN2S. The number of nitrogens with zero attached hydrogens (tertiary/aromatic N) is 1. The van der Waals surface area contributed by atoms with Gasteiger partial charge in [-0.2, -0.15) is 0 Å². The molecule has 1 atom stereocenters.